The fraction of sp³-hybridized carbons (Fsp3) is 0.500. The number of carbonyl (C=O) groups excluding carboxylic acids is 1. The molecule has 1 N–H and O–H groups in total. The SMILES string of the molecule is CNC(=O)c1ccc(-c2ccc3c(c2)CCOC2(CCN(C4CCC4)CC2)O3)cn1. The molecule has 158 valence electrons. The first kappa shape index (κ1) is 19.5. The molecule has 1 saturated carbocycles. The summed E-state index contributed by atoms with van der Waals surface area (Å²) >= 11 is 0. The molecule has 0 radical (unpaired) electrons. The molecule has 5 rings (SSSR count). The highest BCUT2D eigenvalue weighted by molar-refractivity contribution is 5.92. The average Bonchev–Trinajstić information content (AvgIpc) is 2.92. The summed E-state index contributed by atoms with van der Waals surface area (Å²) < 4.78 is 12.8. The van der Waals surface area contributed by atoms with Crippen LogP contribution in [0.1, 0.15) is 48.2 Å². The summed E-state index contributed by atoms with van der Waals surface area (Å²) in [4.78, 5) is 18.6. The molecule has 30 heavy (non-hydrogen) atoms. The lowest BCUT2D eigenvalue weighted by Crippen LogP contribution is -2.53. The van der Waals surface area contributed by atoms with Crippen molar-refractivity contribution in [3.05, 3.63) is 47.8 Å². The fourth-order valence-electron chi connectivity index (χ4n) is 4.69. The molecular formula is C24H29N3O3. The quantitative estimate of drug-likeness (QED) is 0.845. The second kappa shape index (κ2) is 8.00. The molecule has 0 unspecified atom stereocenters. The van der Waals surface area contributed by atoms with Gasteiger partial charge in [-0.1, -0.05) is 18.6 Å². The van der Waals surface area contributed by atoms with Crippen LogP contribution in [0, 0.1) is 0 Å². The van der Waals surface area contributed by atoms with Crippen molar-refractivity contribution in [2.75, 3.05) is 26.7 Å². The van der Waals surface area contributed by atoms with Crippen LogP contribution in [0.5, 0.6) is 5.75 Å². The first-order valence-corrected chi connectivity index (χ1v) is 11.0. The van der Waals surface area contributed by atoms with Crippen LogP contribution in [0.25, 0.3) is 11.1 Å². The Kier molecular flexibility index (Phi) is 5.21. The van der Waals surface area contributed by atoms with Crippen molar-refractivity contribution in [3.8, 4) is 16.9 Å². The van der Waals surface area contributed by atoms with Crippen molar-refractivity contribution in [1.29, 1.82) is 0 Å². The van der Waals surface area contributed by atoms with Crippen molar-refractivity contribution in [2.24, 2.45) is 0 Å². The molecule has 1 spiro atoms. The van der Waals surface area contributed by atoms with Gasteiger partial charge in [0.2, 0.25) is 5.79 Å². The average molecular weight is 408 g/mol. The number of fused-ring (bicyclic) bond motifs is 1. The van der Waals surface area contributed by atoms with Gasteiger partial charge in [0.25, 0.3) is 5.91 Å². The third kappa shape index (κ3) is 3.70. The van der Waals surface area contributed by atoms with Gasteiger partial charge in [-0.25, -0.2) is 0 Å². The standard InChI is InChI=1S/C24H29N3O3/c1-25-23(28)21-7-5-19(16-26-21)17-6-8-22-18(15-17)9-14-29-24(30-22)10-12-27(13-11-24)20-3-2-4-20/h5-8,15-16,20H,2-4,9-14H2,1H3,(H,25,28). The molecule has 6 nitrogen and oxygen atoms in total. The molecule has 0 atom stereocenters. The minimum atomic E-state index is -0.482. The predicted molar refractivity (Wildman–Crippen MR) is 115 cm³/mol. The monoisotopic (exact) mass is 407 g/mol. The van der Waals surface area contributed by atoms with E-state index >= 15 is 0 Å². The summed E-state index contributed by atoms with van der Waals surface area (Å²) in [6.07, 6.45) is 8.50. The number of ether oxygens (including phenoxy) is 2. The second-order valence-corrected chi connectivity index (χ2v) is 8.57. The summed E-state index contributed by atoms with van der Waals surface area (Å²) in [7, 11) is 1.61. The van der Waals surface area contributed by atoms with Crippen LogP contribution < -0.4 is 10.1 Å². The van der Waals surface area contributed by atoms with E-state index in [9.17, 15) is 4.79 Å². The Bertz CT molecular complexity index is 916. The zero-order chi connectivity index (χ0) is 20.6. The van der Waals surface area contributed by atoms with Crippen molar-refractivity contribution < 1.29 is 14.3 Å². The zero-order valence-corrected chi connectivity index (χ0v) is 17.5. The number of aromatic nitrogens is 1. The van der Waals surface area contributed by atoms with E-state index in [0.29, 0.717) is 12.3 Å². The third-order valence-corrected chi connectivity index (χ3v) is 6.80. The normalized spacial score (nSPS) is 21.2. The molecular weight excluding hydrogens is 378 g/mol. The zero-order valence-electron chi connectivity index (χ0n) is 17.5. The fourth-order valence-corrected chi connectivity index (χ4v) is 4.69. The molecule has 2 aromatic rings. The van der Waals surface area contributed by atoms with Crippen molar-refractivity contribution >= 4 is 5.91 Å². The number of piperidine rings is 1. The molecule has 1 aromatic carbocycles. The van der Waals surface area contributed by atoms with E-state index in [1.54, 1.807) is 19.3 Å². The Morgan fingerprint density at radius 2 is 1.97 bits per heavy atom. The van der Waals surface area contributed by atoms with E-state index in [-0.39, 0.29) is 5.91 Å². The van der Waals surface area contributed by atoms with Gasteiger partial charge in [-0.3, -0.25) is 14.7 Å². The van der Waals surface area contributed by atoms with E-state index < -0.39 is 5.79 Å². The van der Waals surface area contributed by atoms with E-state index in [4.69, 9.17) is 9.47 Å². The van der Waals surface area contributed by atoms with E-state index in [1.807, 2.05) is 6.07 Å². The molecule has 2 aliphatic heterocycles. The lowest BCUT2D eigenvalue weighted by molar-refractivity contribution is -0.206. The highest BCUT2D eigenvalue weighted by Crippen LogP contribution is 2.38. The predicted octanol–water partition coefficient (Wildman–Crippen LogP) is 3.40. The number of carbonyl (C=O) groups is 1. The van der Waals surface area contributed by atoms with Crippen LogP contribution in [0.4, 0.5) is 0 Å². The lowest BCUT2D eigenvalue weighted by atomic mass is 9.89. The maximum atomic E-state index is 11.7. The first-order valence-electron chi connectivity index (χ1n) is 11.0. The summed E-state index contributed by atoms with van der Waals surface area (Å²) in [6, 6.07) is 10.8. The summed E-state index contributed by atoms with van der Waals surface area (Å²) in [5.74, 6) is 0.273. The molecule has 6 heteroatoms. The number of pyridine rings is 1. The van der Waals surface area contributed by atoms with Gasteiger partial charge in [-0.2, -0.15) is 0 Å². The Morgan fingerprint density at radius 1 is 1.17 bits per heavy atom. The largest absolute Gasteiger partial charge is 0.462 e. The Balaban J connectivity index is 1.32. The molecule has 0 bridgehead atoms. The molecule has 3 aliphatic rings. The number of likely N-dealkylation sites (tertiary alicyclic amines) is 1. The number of hydrogen-bond acceptors (Lipinski definition) is 5. The number of benzene rings is 1. The number of amides is 1. The molecule has 3 heterocycles. The van der Waals surface area contributed by atoms with Crippen molar-refractivity contribution in [1.82, 2.24) is 15.2 Å². The molecule has 1 saturated heterocycles. The number of nitrogens with one attached hydrogen (secondary N) is 1. The summed E-state index contributed by atoms with van der Waals surface area (Å²) in [5.41, 5.74) is 3.65. The molecule has 1 aliphatic carbocycles. The van der Waals surface area contributed by atoms with Gasteiger partial charge < -0.3 is 14.8 Å². The van der Waals surface area contributed by atoms with Crippen LogP contribution in [0.2, 0.25) is 0 Å². The summed E-state index contributed by atoms with van der Waals surface area (Å²) in [6.45, 7) is 2.79. The van der Waals surface area contributed by atoms with E-state index in [2.05, 4.69) is 33.4 Å². The van der Waals surface area contributed by atoms with Gasteiger partial charge in [0, 0.05) is 50.8 Å². The highest BCUT2D eigenvalue weighted by Gasteiger charge is 2.41. The van der Waals surface area contributed by atoms with Crippen molar-refractivity contribution in [2.45, 2.75) is 50.4 Å². The first-order chi connectivity index (χ1) is 14.7. The van der Waals surface area contributed by atoms with Crippen LogP contribution in [-0.2, 0) is 11.2 Å². The Labute approximate surface area is 177 Å². The smallest absolute Gasteiger partial charge is 0.269 e. The van der Waals surface area contributed by atoms with Crippen LogP contribution in [0.15, 0.2) is 36.5 Å². The highest BCUT2D eigenvalue weighted by atomic mass is 16.7. The lowest BCUT2D eigenvalue weighted by Gasteiger charge is -2.45. The number of rotatable bonds is 3. The third-order valence-electron chi connectivity index (χ3n) is 6.80. The molecule has 1 aromatic heterocycles. The Morgan fingerprint density at radius 3 is 2.63 bits per heavy atom. The van der Waals surface area contributed by atoms with Gasteiger partial charge >= 0.3 is 0 Å². The minimum Gasteiger partial charge on any atom is -0.462 e. The van der Waals surface area contributed by atoms with Gasteiger partial charge in [0.1, 0.15) is 11.4 Å². The molecule has 1 amide bonds. The minimum absolute atomic E-state index is 0.178. The Hall–Kier alpha value is -2.44. The van der Waals surface area contributed by atoms with E-state index in [1.165, 1.54) is 24.8 Å². The number of nitrogens with zero attached hydrogens (tertiary/aromatic N) is 2. The van der Waals surface area contributed by atoms with E-state index in [0.717, 1.165) is 55.3 Å². The molecule has 2 fully saturated rings. The van der Waals surface area contributed by atoms with Crippen LogP contribution >= 0.6 is 0 Å². The van der Waals surface area contributed by atoms with Gasteiger partial charge in [0.15, 0.2) is 0 Å². The second-order valence-electron chi connectivity index (χ2n) is 8.57. The topological polar surface area (TPSA) is 63.7 Å². The van der Waals surface area contributed by atoms with Gasteiger partial charge in [-0.15, -0.1) is 0 Å². The van der Waals surface area contributed by atoms with Crippen molar-refractivity contribution in [3.63, 3.8) is 0 Å². The maximum Gasteiger partial charge on any atom is 0.269 e. The maximum absolute atomic E-state index is 11.7. The van der Waals surface area contributed by atoms with Gasteiger partial charge in [-0.05, 0) is 48.6 Å². The summed E-state index contributed by atoms with van der Waals surface area (Å²) in [5, 5.41) is 2.60. The number of hydrogen-bond donors (Lipinski definition) is 1. The van der Waals surface area contributed by atoms with Crippen LogP contribution in [0.3, 0.4) is 0 Å². The van der Waals surface area contributed by atoms with Gasteiger partial charge in [0.05, 0.1) is 6.61 Å². The van der Waals surface area contributed by atoms with Crippen LogP contribution in [-0.4, -0.2) is 54.4 Å².